The van der Waals surface area contributed by atoms with Gasteiger partial charge in [0, 0.05) is 5.56 Å². The van der Waals surface area contributed by atoms with Crippen LogP contribution in [0, 0.1) is 0 Å². The summed E-state index contributed by atoms with van der Waals surface area (Å²) in [6, 6.07) is 23.9. The molecule has 0 bridgehead atoms. The van der Waals surface area contributed by atoms with Crippen LogP contribution < -0.4 is 14.8 Å². The number of para-hydroxylation sites is 3. The zero-order valence-electron chi connectivity index (χ0n) is 17.1. The van der Waals surface area contributed by atoms with Crippen LogP contribution in [-0.4, -0.2) is 29.3 Å². The Morgan fingerprint density at radius 1 is 0.935 bits per heavy atom. The lowest BCUT2D eigenvalue weighted by atomic mass is 10.1. The van der Waals surface area contributed by atoms with Crippen LogP contribution in [0.25, 0.3) is 22.8 Å². The maximum atomic E-state index is 12.8. The van der Waals surface area contributed by atoms with Crippen LogP contribution in [0.5, 0.6) is 11.5 Å². The van der Waals surface area contributed by atoms with E-state index < -0.39 is 6.10 Å². The molecule has 156 valence electrons. The molecule has 31 heavy (non-hydrogen) atoms. The molecule has 0 aliphatic rings. The van der Waals surface area contributed by atoms with Gasteiger partial charge in [-0.3, -0.25) is 4.79 Å². The van der Waals surface area contributed by atoms with E-state index in [9.17, 15) is 4.79 Å². The molecule has 1 atom stereocenters. The summed E-state index contributed by atoms with van der Waals surface area (Å²) in [6.07, 6.45) is -0.757. The predicted molar refractivity (Wildman–Crippen MR) is 117 cm³/mol. The second-order valence-corrected chi connectivity index (χ2v) is 6.73. The number of aromatic nitrogens is 2. The van der Waals surface area contributed by atoms with Gasteiger partial charge in [0.1, 0.15) is 0 Å². The second-order valence-electron chi connectivity index (χ2n) is 6.73. The fourth-order valence-electron chi connectivity index (χ4n) is 3.01. The third kappa shape index (κ3) is 4.56. The summed E-state index contributed by atoms with van der Waals surface area (Å²) in [5, 5.41) is 6.94. The Kier molecular flexibility index (Phi) is 5.93. The number of amides is 1. The van der Waals surface area contributed by atoms with Crippen LogP contribution in [0.3, 0.4) is 0 Å². The van der Waals surface area contributed by atoms with Crippen molar-refractivity contribution in [2.75, 3.05) is 12.4 Å². The second kappa shape index (κ2) is 9.13. The largest absolute Gasteiger partial charge is 0.493 e. The summed E-state index contributed by atoms with van der Waals surface area (Å²) in [6.45, 7) is 1.67. The van der Waals surface area contributed by atoms with Crippen LogP contribution in [0.4, 0.5) is 5.69 Å². The average Bonchev–Trinajstić information content (AvgIpc) is 3.30. The van der Waals surface area contributed by atoms with Gasteiger partial charge in [-0.1, -0.05) is 59.8 Å². The number of ether oxygens (including phenoxy) is 2. The van der Waals surface area contributed by atoms with Gasteiger partial charge in [0.05, 0.1) is 18.4 Å². The molecular weight excluding hydrogens is 394 g/mol. The van der Waals surface area contributed by atoms with Gasteiger partial charge in [-0.05, 0) is 31.2 Å². The minimum absolute atomic E-state index is 0.313. The molecule has 0 saturated carbocycles. The summed E-state index contributed by atoms with van der Waals surface area (Å²) in [7, 11) is 1.55. The molecule has 1 heterocycles. The smallest absolute Gasteiger partial charge is 0.265 e. The monoisotopic (exact) mass is 415 g/mol. The first kappa shape index (κ1) is 20.2. The Bertz CT molecular complexity index is 1170. The lowest BCUT2D eigenvalue weighted by molar-refractivity contribution is -0.122. The van der Waals surface area contributed by atoms with E-state index in [1.165, 1.54) is 0 Å². The van der Waals surface area contributed by atoms with Crippen molar-refractivity contribution < 1.29 is 18.8 Å². The van der Waals surface area contributed by atoms with Crippen molar-refractivity contribution in [3.63, 3.8) is 0 Å². The molecule has 0 saturated heterocycles. The fourth-order valence-corrected chi connectivity index (χ4v) is 3.01. The van der Waals surface area contributed by atoms with Gasteiger partial charge >= 0.3 is 0 Å². The maximum Gasteiger partial charge on any atom is 0.265 e. The third-order valence-corrected chi connectivity index (χ3v) is 4.62. The van der Waals surface area contributed by atoms with Crippen LogP contribution in [-0.2, 0) is 4.79 Å². The Hall–Kier alpha value is -4.13. The van der Waals surface area contributed by atoms with E-state index in [-0.39, 0.29) is 5.91 Å². The lowest BCUT2D eigenvalue weighted by Gasteiger charge is -2.17. The molecule has 7 nitrogen and oxygen atoms in total. The predicted octanol–water partition coefficient (Wildman–Crippen LogP) is 4.82. The van der Waals surface area contributed by atoms with Crippen molar-refractivity contribution in [3.05, 3.63) is 78.9 Å². The molecule has 0 radical (unpaired) electrons. The number of carbonyl (C=O) groups excluding carboxylic acids is 1. The summed E-state index contributed by atoms with van der Waals surface area (Å²) in [5.74, 6) is 1.52. The number of nitrogens with one attached hydrogen (secondary N) is 1. The van der Waals surface area contributed by atoms with Crippen LogP contribution in [0.2, 0.25) is 0 Å². The van der Waals surface area contributed by atoms with E-state index in [2.05, 4.69) is 15.5 Å². The molecule has 0 aliphatic heterocycles. The average molecular weight is 415 g/mol. The third-order valence-electron chi connectivity index (χ3n) is 4.62. The van der Waals surface area contributed by atoms with E-state index in [4.69, 9.17) is 14.0 Å². The molecule has 1 amide bonds. The fraction of sp³-hybridized carbons (Fsp3) is 0.125. The van der Waals surface area contributed by atoms with Crippen LogP contribution in [0.15, 0.2) is 83.4 Å². The van der Waals surface area contributed by atoms with Gasteiger partial charge in [-0.25, -0.2) is 0 Å². The molecule has 3 aromatic carbocycles. The number of methoxy groups -OCH3 is 1. The highest BCUT2D eigenvalue weighted by Crippen LogP contribution is 2.30. The van der Waals surface area contributed by atoms with Gasteiger partial charge in [0.25, 0.3) is 11.8 Å². The number of hydrogen-bond donors (Lipinski definition) is 1. The molecule has 4 aromatic rings. The lowest BCUT2D eigenvalue weighted by Crippen LogP contribution is -2.30. The maximum absolute atomic E-state index is 12.8. The topological polar surface area (TPSA) is 86.5 Å². The number of rotatable bonds is 7. The van der Waals surface area contributed by atoms with Crippen LogP contribution >= 0.6 is 0 Å². The number of nitrogens with zero attached hydrogens (tertiary/aromatic N) is 2. The molecule has 1 N–H and O–H groups in total. The normalized spacial score (nSPS) is 11.5. The van der Waals surface area contributed by atoms with E-state index in [0.29, 0.717) is 34.5 Å². The van der Waals surface area contributed by atoms with Gasteiger partial charge in [0.2, 0.25) is 5.82 Å². The Morgan fingerprint density at radius 2 is 1.61 bits per heavy atom. The zero-order chi connectivity index (χ0) is 21.6. The van der Waals surface area contributed by atoms with Crippen molar-refractivity contribution in [2.45, 2.75) is 13.0 Å². The van der Waals surface area contributed by atoms with Gasteiger partial charge in [-0.15, -0.1) is 0 Å². The highest BCUT2D eigenvalue weighted by atomic mass is 16.5. The number of hydrogen-bond acceptors (Lipinski definition) is 6. The highest BCUT2D eigenvalue weighted by molar-refractivity contribution is 5.97. The first-order valence-corrected chi connectivity index (χ1v) is 9.75. The zero-order valence-corrected chi connectivity index (χ0v) is 17.1. The minimum atomic E-state index is -0.757. The van der Waals surface area contributed by atoms with Gasteiger partial charge < -0.3 is 19.3 Å². The first-order valence-electron chi connectivity index (χ1n) is 9.75. The van der Waals surface area contributed by atoms with Crippen molar-refractivity contribution in [2.24, 2.45) is 0 Å². The van der Waals surface area contributed by atoms with E-state index in [1.54, 1.807) is 32.2 Å². The summed E-state index contributed by atoms with van der Waals surface area (Å²) in [4.78, 5) is 17.3. The summed E-state index contributed by atoms with van der Waals surface area (Å²) >= 11 is 0. The Labute approximate surface area is 179 Å². The van der Waals surface area contributed by atoms with E-state index in [0.717, 1.165) is 5.56 Å². The minimum Gasteiger partial charge on any atom is -0.493 e. The molecule has 4 rings (SSSR count). The van der Waals surface area contributed by atoms with Crippen molar-refractivity contribution in [1.29, 1.82) is 0 Å². The van der Waals surface area contributed by atoms with Crippen LogP contribution in [0.1, 0.15) is 6.92 Å². The van der Waals surface area contributed by atoms with E-state index in [1.807, 2.05) is 60.7 Å². The Balaban J connectivity index is 1.52. The number of benzene rings is 3. The highest BCUT2D eigenvalue weighted by Gasteiger charge is 2.20. The molecular formula is C24H21N3O4. The molecule has 0 aliphatic carbocycles. The molecule has 0 spiro atoms. The van der Waals surface area contributed by atoms with Crippen molar-refractivity contribution in [3.8, 4) is 34.3 Å². The molecule has 1 aromatic heterocycles. The molecule has 1 unspecified atom stereocenters. The number of carbonyl (C=O) groups is 1. The summed E-state index contributed by atoms with van der Waals surface area (Å²) in [5.41, 5.74) is 2.01. The molecule has 0 fully saturated rings. The van der Waals surface area contributed by atoms with Crippen molar-refractivity contribution >= 4 is 11.6 Å². The summed E-state index contributed by atoms with van der Waals surface area (Å²) < 4.78 is 16.5. The standard InChI is InChI=1S/C24H21N3O4/c1-16(30-21-15-9-8-14-20(21)29-2)23(28)25-19-13-7-6-12-18(19)24-26-22(27-31-24)17-10-4-3-5-11-17/h3-16H,1-2H3,(H,25,28). The number of anilines is 1. The van der Waals surface area contributed by atoms with Gasteiger partial charge in [0.15, 0.2) is 17.6 Å². The first-order chi connectivity index (χ1) is 15.2. The Morgan fingerprint density at radius 3 is 2.39 bits per heavy atom. The quantitative estimate of drug-likeness (QED) is 0.466. The van der Waals surface area contributed by atoms with Gasteiger partial charge in [-0.2, -0.15) is 4.98 Å². The molecule has 7 heteroatoms. The SMILES string of the molecule is COc1ccccc1OC(C)C(=O)Nc1ccccc1-c1nc(-c2ccccc2)no1. The van der Waals surface area contributed by atoms with Crippen molar-refractivity contribution in [1.82, 2.24) is 10.1 Å². The van der Waals surface area contributed by atoms with E-state index >= 15 is 0 Å².